The molecule has 0 saturated carbocycles. The molecule has 0 spiro atoms. The number of halogens is 5. The molecule has 3 aromatic rings. The highest BCUT2D eigenvalue weighted by Crippen LogP contribution is 2.44. The first-order chi connectivity index (χ1) is 16.3. The third-order valence-electron chi connectivity index (χ3n) is 6.01. The number of aromatic nitrogens is 1. The average molecular weight is 573 g/mol. The number of fused-ring (bicyclic) bond motifs is 1. The molecular formula is C26H23Cl5N2O2. The molecule has 1 aromatic heterocycles. The van der Waals surface area contributed by atoms with Crippen LogP contribution in [0, 0.1) is 26.2 Å². The summed E-state index contributed by atoms with van der Waals surface area (Å²) in [6.45, 7) is 10.6. The Morgan fingerprint density at radius 3 is 1.97 bits per heavy atom. The fourth-order valence-electron chi connectivity index (χ4n) is 4.63. The number of nitrogens with zero attached hydrogens (tertiary/aromatic N) is 2. The normalized spacial score (nSPS) is 15.9. The molecule has 184 valence electrons. The van der Waals surface area contributed by atoms with Gasteiger partial charge in [-0.1, -0.05) is 83.1 Å². The van der Waals surface area contributed by atoms with Crippen molar-refractivity contribution in [2.45, 2.75) is 47.5 Å². The zero-order chi connectivity index (χ0) is 25.8. The Morgan fingerprint density at radius 2 is 1.40 bits per heavy atom. The van der Waals surface area contributed by atoms with E-state index in [4.69, 9.17) is 62.8 Å². The van der Waals surface area contributed by atoms with Crippen molar-refractivity contribution in [1.82, 2.24) is 4.57 Å². The third kappa shape index (κ3) is 4.97. The van der Waals surface area contributed by atoms with Gasteiger partial charge in [0.1, 0.15) is 5.56 Å². The highest BCUT2D eigenvalue weighted by atomic mass is 35.5. The number of hydrogen-bond acceptors (Lipinski definition) is 3. The second-order valence-electron chi connectivity index (χ2n) is 9.71. The van der Waals surface area contributed by atoms with Crippen LogP contribution >= 0.6 is 58.0 Å². The Hall–Kier alpha value is -1.69. The van der Waals surface area contributed by atoms with E-state index in [1.165, 1.54) is 11.1 Å². The molecule has 4 rings (SSSR count). The Bertz CT molecular complexity index is 1360. The molecule has 4 nitrogen and oxygen atoms in total. The highest BCUT2D eigenvalue weighted by molar-refractivity contribution is 6.56. The summed E-state index contributed by atoms with van der Waals surface area (Å²) >= 11 is 30.7. The van der Waals surface area contributed by atoms with Crippen LogP contribution in [0.5, 0.6) is 0 Å². The predicted octanol–water partition coefficient (Wildman–Crippen LogP) is 9.20. The van der Waals surface area contributed by atoms with Gasteiger partial charge >= 0.3 is 5.97 Å². The zero-order valence-electron chi connectivity index (χ0n) is 19.8. The van der Waals surface area contributed by atoms with E-state index in [-0.39, 0.29) is 36.1 Å². The molecule has 0 fully saturated rings. The van der Waals surface area contributed by atoms with Crippen LogP contribution in [0.2, 0.25) is 25.1 Å². The van der Waals surface area contributed by atoms with Crippen LogP contribution in [0.25, 0.3) is 5.69 Å². The van der Waals surface area contributed by atoms with E-state index >= 15 is 0 Å². The third-order valence-corrected chi connectivity index (χ3v) is 8.28. The van der Waals surface area contributed by atoms with Crippen molar-refractivity contribution in [3.8, 4) is 5.69 Å². The van der Waals surface area contributed by atoms with Gasteiger partial charge in [0, 0.05) is 22.6 Å². The van der Waals surface area contributed by atoms with E-state index in [9.17, 15) is 4.79 Å². The molecule has 9 heteroatoms. The van der Waals surface area contributed by atoms with Crippen molar-refractivity contribution in [2.75, 3.05) is 0 Å². The molecule has 0 amide bonds. The van der Waals surface area contributed by atoms with E-state index in [0.717, 1.165) is 29.1 Å². The van der Waals surface area contributed by atoms with Crippen LogP contribution < -0.4 is 0 Å². The fourth-order valence-corrected chi connectivity index (χ4v) is 5.92. The van der Waals surface area contributed by atoms with Crippen molar-refractivity contribution in [1.29, 1.82) is 0 Å². The Labute approximate surface area is 229 Å². The number of benzene rings is 2. The van der Waals surface area contributed by atoms with E-state index in [2.05, 4.69) is 68.6 Å². The van der Waals surface area contributed by atoms with Crippen LogP contribution in [0.4, 0.5) is 0 Å². The van der Waals surface area contributed by atoms with Crippen LogP contribution in [0.15, 0.2) is 29.4 Å². The van der Waals surface area contributed by atoms with Gasteiger partial charge in [0.15, 0.2) is 0 Å². The maximum atomic E-state index is 12.9. The molecule has 0 N–H and O–H groups in total. The van der Waals surface area contributed by atoms with E-state index in [1.807, 2.05) is 0 Å². The molecule has 0 aliphatic heterocycles. The summed E-state index contributed by atoms with van der Waals surface area (Å²) in [7, 11) is 0. The lowest BCUT2D eigenvalue weighted by atomic mass is 9.76. The Kier molecular flexibility index (Phi) is 7.27. The monoisotopic (exact) mass is 570 g/mol. The minimum Gasteiger partial charge on any atom is -0.318 e. The molecule has 35 heavy (non-hydrogen) atoms. The SMILES string of the molecule is Cc1cc(C)cc(-n2c(C)cc3c2CC(C)(C)C/C3=N\OC(=O)c2c(Cl)c(Cl)c(Cl)c(Cl)c2Cl)c1. The molecule has 1 aliphatic rings. The number of oxime groups is 1. The predicted molar refractivity (Wildman–Crippen MR) is 146 cm³/mol. The fraction of sp³-hybridized carbons (Fsp3) is 0.308. The van der Waals surface area contributed by atoms with Crippen molar-refractivity contribution in [3.63, 3.8) is 0 Å². The molecule has 1 aliphatic carbocycles. The van der Waals surface area contributed by atoms with Gasteiger partial charge in [-0.15, -0.1) is 0 Å². The topological polar surface area (TPSA) is 43.6 Å². The molecule has 0 saturated heterocycles. The first-order valence-corrected chi connectivity index (χ1v) is 12.8. The summed E-state index contributed by atoms with van der Waals surface area (Å²) in [5.41, 5.74) is 6.97. The van der Waals surface area contributed by atoms with Crippen LogP contribution in [0.1, 0.15) is 58.7 Å². The summed E-state index contributed by atoms with van der Waals surface area (Å²) in [5, 5.41) is 3.79. The van der Waals surface area contributed by atoms with Crippen molar-refractivity contribution in [3.05, 3.63) is 83.0 Å². The van der Waals surface area contributed by atoms with Gasteiger partial charge in [-0.3, -0.25) is 0 Å². The van der Waals surface area contributed by atoms with Crippen LogP contribution in [-0.2, 0) is 11.3 Å². The molecule has 0 atom stereocenters. The maximum absolute atomic E-state index is 12.9. The lowest BCUT2D eigenvalue weighted by Crippen LogP contribution is -2.28. The average Bonchev–Trinajstić information content (AvgIpc) is 3.08. The number of hydrogen-bond donors (Lipinski definition) is 0. The second kappa shape index (κ2) is 9.64. The summed E-state index contributed by atoms with van der Waals surface area (Å²) in [5.74, 6) is -0.872. The quantitative estimate of drug-likeness (QED) is 0.136. The van der Waals surface area contributed by atoms with E-state index in [1.54, 1.807) is 0 Å². The molecule has 0 radical (unpaired) electrons. The van der Waals surface area contributed by atoms with Gasteiger partial charge in [-0.2, -0.15) is 0 Å². The van der Waals surface area contributed by atoms with Gasteiger partial charge in [0.25, 0.3) is 0 Å². The lowest BCUT2D eigenvalue weighted by molar-refractivity contribution is 0.0514. The molecule has 1 heterocycles. The zero-order valence-corrected chi connectivity index (χ0v) is 23.6. The minimum atomic E-state index is -0.872. The number of aryl methyl sites for hydroxylation is 3. The highest BCUT2D eigenvalue weighted by Gasteiger charge is 2.34. The van der Waals surface area contributed by atoms with Gasteiger partial charge in [-0.25, -0.2) is 4.79 Å². The first kappa shape index (κ1) is 26.4. The number of carbonyl (C=O) groups excluding carboxylic acids is 1. The lowest BCUT2D eigenvalue weighted by Gasteiger charge is -2.31. The van der Waals surface area contributed by atoms with Crippen LogP contribution in [-0.4, -0.2) is 16.2 Å². The molecular weight excluding hydrogens is 550 g/mol. The molecule has 0 bridgehead atoms. The molecule has 2 aromatic carbocycles. The Balaban J connectivity index is 1.77. The van der Waals surface area contributed by atoms with Crippen LogP contribution in [0.3, 0.4) is 0 Å². The minimum absolute atomic E-state index is 0.0342. The van der Waals surface area contributed by atoms with E-state index in [0.29, 0.717) is 12.1 Å². The second-order valence-corrected chi connectivity index (χ2v) is 11.6. The number of rotatable bonds is 3. The van der Waals surface area contributed by atoms with Gasteiger partial charge in [0.2, 0.25) is 0 Å². The summed E-state index contributed by atoms with van der Waals surface area (Å²) < 4.78 is 2.25. The summed E-state index contributed by atoms with van der Waals surface area (Å²) in [6, 6.07) is 8.55. The van der Waals surface area contributed by atoms with Crippen molar-refractivity contribution >= 4 is 69.7 Å². The van der Waals surface area contributed by atoms with Gasteiger partial charge in [0.05, 0.1) is 30.8 Å². The van der Waals surface area contributed by atoms with Gasteiger partial charge < -0.3 is 9.40 Å². The first-order valence-electron chi connectivity index (χ1n) is 10.9. The number of carbonyl (C=O) groups is 1. The standard InChI is InChI=1S/C26H23Cl5N2O2/c1-12-6-13(2)8-15(7-12)33-14(3)9-16-17(10-26(4,5)11-18(16)33)32-35-25(34)19-20(27)22(29)24(31)23(30)21(19)28/h6-9H,10-11H2,1-5H3/b32-17+. The van der Waals surface area contributed by atoms with E-state index < -0.39 is 5.97 Å². The smallest absolute Gasteiger partial charge is 0.318 e. The molecule has 0 unspecified atom stereocenters. The van der Waals surface area contributed by atoms with Crippen molar-refractivity contribution < 1.29 is 9.63 Å². The Morgan fingerprint density at radius 1 is 0.857 bits per heavy atom. The maximum Gasteiger partial charge on any atom is 0.368 e. The largest absolute Gasteiger partial charge is 0.368 e. The van der Waals surface area contributed by atoms with Gasteiger partial charge in [-0.05, 0) is 68.4 Å². The summed E-state index contributed by atoms with van der Waals surface area (Å²) in [6.07, 6.45) is 1.46. The van der Waals surface area contributed by atoms with Crippen molar-refractivity contribution in [2.24, 2.45) is 10.6 Å². The summed E-state index contributed by atoms with van der Waals surface area (Å²) in [4.78, 5) is 18.3.